The van der Waals surface area contributed by atoms with Crippen LogP contribution < -0.4 is 10.3 Å². The van der Waals surface area contributed by atoms with Gasteiger partial charge in [0.25, 0.3) is 17.4 Å². The van der Waals surface area contributed by atoms with Crippen molar-refractivity contribution in [1.82, 2.24) is 9.47 Å². The molecular weight excluding hydrogens is 463 g/mol. The van der Waals surface area contributed by atoms with Crippen LogP contribution in [0.4, 0.5) is 0 Å². The smallest absolute Gasteiger partial charge is 0.261 e. The first kappa shape index (κ1) is 23.3. The molecule has 0 bridgehead atoms. The normalized spacial score (nSPS) is 13.3. The number of carbonyl (C=O) groups is 2. The van der Waals surface area contributed by atoms with Gasteiger partial charge in [-0.25, -0.2) is 0 Å². The number of imide groups is 1. The van der Waals surface area contributed by atoms with Crippen molar-refractivity contribution in [2.45, 2.75) is 46.2 Å². The molecule has 0 radical (unpaired) electrons. The van der Waals surface area contributed by atoms with Crippen molar-refractivity contribution in [3.63, 3.8) is 0 Å². The highest BCUT2D eigenvalue weighted by Gasteiger charge is 2.37. The molecule has 0 unspecified atom stereocenters. The Kier molecular flexibility index (Phi) is 6.50. The summed E-state index contributed by atoms with van der Waals surface area (Å²) in [4.78, 5) is 40.8. The van der Waals surface area contributed by atoms with Crippen LogP contribution in [-0.4, -0.2) is 27.9 Å². The monoisotopic (exact) mass is 486 g/mol. The standard InChI is InChI=1S/C25H24Cl2N2O4/c1-4-5-10-33-22-17-11-19(26)20(27)12-18(17)25(32)29(14(2)3)21(22)13-28-23(30)15-8-6-7-9-16(15)24(28)31/h6-9,11-12,14H,4-5,10,13H2,1-3H3. The fourth-order valence-corrected chi connectivity index (χ4v) is 4.46. The van der Waals surface area contributed by atoms with Gasteiger partial charge in [-0.2, -0.15) is 0 Å². The van der Waals surface area contributed by atoms with E-state index in [0.717, 1.165) is 17.7 Å². The molecule has 0 atom stereocenters. The summed E-state index contributed by atoms with van der Waals surface area (Å²) < 4.78 is 7.75. The minimum Gasteiger partial charge on any atom is -0.491 e. The van der Waals surface area contributed by atoms with E-state index in [4.69, 9.17) is 27.9 Å². The van der Waals surface area contributed by atoms with Crippen LogP contribution in [-0.2, 0) is 6.54 Å². The van der Waals surface area contributed by atoms with E-state index in [1.165, 1.54) is 0 Å². The SMILES string of the molecule is CCCCOc1c(CN2C(=O)c3ccccc3C2=O)n(C(C)C)c(=O)c2cc(Cl)c(Cl)cc12. The maximum absolute atomic E-state index is 13.5. The van der Waals surface area contributed by atoms with Crippen LogP contribution in [0.3, 0.4) is 0 Å². The maximum atomic E-state index is 13.5. The Balaban J connectivity index is 1.94. The van der Waals surface area contributed by atoms with Gasteiger partial charge in [-0.1, -0.05) is 48.7 Å². The van der Waals surface area contributed by atoms with Gasteiger partial charge in [0.05, 0.1) is 45.4 Å². The van der Waals surface area contributed by atoms with Gasteiger partial charge in [0, 0.05) is 11.4 Å². The summed E-state index contributed by atoms with van der Waals surface area (Å²) in [6, 6.07) is 9.60. The number of hydrogen-bond donors (Lipinski definition) is 0. The fraction of sp³-hybridized carbons (Fsp3) is 0.320. The number of pyridine rings is 1. The highest BCUT2D eigenvalue weighted by atomic mass is 35.5. The summed E-state index contributed by atoms with van der Waals surface area (Å²) >= 11 is 12.5. The lowest BCUT2D eigenvalue weighted by atomic mass is 10.1. The Morgan fingerprint density at radius 2 is 1.52 bits per heavy atom. The number of rotatable bonds is 7. The molecule has 0 spiro atoms. The average molecular weight is 487 g/mol. The maximum Gasteiger partial charge on any atom is 0.261 e. The Bertz CT molecular complexity index is 1300. The molecule has 2 aromatic carbocycles. The number of halogens is 2. The third-order valence-electron chi connectivity index (χ3n) is 5.75. The van der Waals surface area contributed by atoms with E-state index in [0.29, 0.717) is 39.9 Å². The van der Waals surface area contributed by atoms with Crippen LogP contribution in [0, 0.1) is 0 Å². The summed E-state index contributed by atoms with van der Waals surface area (Å²) in [6.07, 6.45) is 1.72. The van der Waals surface area contributed by atoms with Gasteiger partial charge < -0.3 is 9.30 Å². The van der Waals surface area contributed by atoms with E-state index in [1.54, 1.807) is 41.0 Å². The zero-order valence-corrected chi connectivity index (χ0v) is 20.2. The van der Waals surface area contributed by atoms with Crippen molar-refractivity contribution in [3.8, 4) is 5.75 Å². The summed E-state index contributed by atoms with van der Waals surface area (Å²) in [5, 5.41) is 1.44. The van der Waals surface area contributed by atoms with Crippen LogP contribution >= 0.6 is 23.2 Å². The largest absolute Gasteiger partial charge is 0.491 e. The van der Waals surface area contributed by atoms with E-state index < -0.39 is 11.8 Å². The number of amides is 2. The van der Waals surface area contributed by atoms with Crippen LogP contribution in [0.2, 0.25) is 10.0 Å². The molecule has 0 fully saturated rings. The van der Waals surface area contributed by atoms with Crippen molar-refractivity contribution in [2.24, 2.45) is 0 Å². The second-order valence-electron chi connectivity index (χ2n) is 8.30. The van der Waals surface area contributed by atoms with Crippen molar-refractivity contribution in [1.29, 1.82) is 0 Å². The van der Waals surface area contributed by atoms with Crippen LogP contribution in [0.1, 0.15) is 66.1 Å². The number of hydrogen-bond acceptors (Lipinski definition) is 4. The fourth-order valence-electron chi connectivity index (χ4n) is 4.14. The summed E-state index contributed by atoms with van der Waals surface area (Å²) in [5.41, 5.74) is 0.870. The number of carbonyl (C=O) groups excluding carboxylic acids is 2. The molecule has 2 amide bonds. The molecule has 172 valence electrons. The van der Waals surface area contributed by atoms with Crippen molar-refractivity contribution < 1.29 is 14.3 Å². The lowest BCUT2D eigenvalue weighted by molar-refractivity contribution is 0.0636. The quantitative estimate of drug-likeness (QED) is 0.309. The Hall–Kier alpha value is -2.83. The molecule has 0 N–H and O–H groups in total. The number of unbranched alkanes of at least 4 members (excludes halogenated alkanes) is 1. The molecule has 4 rings (SSSR count). The third-order valence-corrected chi connectivity index (χ3v) is 6.48. The lowest BCUT2D eigenvalue weighted by Gasteiger charge is -2.25. The highest BCUT2D eigenvalue weighted by Crippen LogP contribution is 2.36. The second kappa shape index (κ2) is 9.20. The molecule has 1 aromatic heterocycles. The predicted octanol–water partition coefficient (Wildman–Crippen LogP) is 5.86. The van der Waals surface area contributed by atoms with Gasteiger partial charge in [-0.05, 0) is 44.5 Å². The zero-order chi connectivity index (χ0) is 23.9. The molecule has 1 aliphatic rings. The van der Waals surface area contributed by atoms with E-state index in [1.807, 2.05) is 20.8 Å². The Labute approximate surface area is 201 Å². The van der Waals surface area contributed by atoms with Gasteiger partial charge in [0.2, 0.25) is 0 Å². The molecule has 8 heteroatoms. The molecule has 0 saturated heterocycles. The number of fused-ring (bicyclic) bond motifs is 2. The molecule has 6 nitrogen and oxygen atoms in total. The molecule has 0 aliphatic carbocycles. The molecule has 2 heterocycles. The topological polar surface area (TPSA) is 68.6 Å². The minimum atomic E-state index is -0.396. The highest BCUT2D eigenvalue weighted by molar-refractivity contribution is 6.42. The average Bonchev–Trinajstić information content (AvgIpc) is 3.02. The number of benzene rings is 2. The van der Waals surface area contributed by atoms with Gasteiger partial charge in [0.15, 0.2) is 0 Å². The van der Waals surface area contributed by atoms with Gasteiger partial charge in [0.1, 0.15) is 5.75 Å². The molecule has 1 aliphatic heterocycles. The van der Waals surface area contributed by atoms with Crippen molar-refractivity contribution in [3.05, 3.63) is 73.6 Å². The van der Waals surface area contributed by atoms with E-state index in [9.17, 15) is 14.4 Å². The van der Waals surface area contributed by atoms with Gasteiger partial charge in [-0.15, -0.1) is 0 Å². The van der Waals surface area contributed by atoms with Crippen LogP contribution in [0.25, 0.3) is 10.8 Å². The first-order valence-corrected chi connectivity index (χ1v) is 11.7. The van der Waals surface area contributed by atoms with Crippen molar-refractivity contribution in [2.75, 3.05) is 6.61 Å². The van der Waals surface area contributed by atoms with Crippen LogP contribution in [0.15, 0.2) is 41.2 Å². The lowest BCUT2D eigenvalue weighted by Crippen LogP contribution is -2.34. The van der Waals surface area contributed by atoms with E-state index in [-0.39, 0.29) is 28.2 Å². The third kappa shape index (κ3) is 4.02. The second-order valence-corrected chi connectivity index (χ2v) is 9.12. The number of nitrogens with zero attached hydrogens (tertiary/aromatic N) is 2. The summed E-state index contributed by atoms with van der Waals surface area (Å²) in [5.74, 6) is -0.360. The van der Waals surface area contributed by atoms with Gasteiger partial charge >= 0.3 is 0 Å². The number of ether oxygens (including phenoxy) is 1. The first-order valence-electron chi connectivity index (χ1n) is 10.9. The summed E-state index contributed by atoms with van der Waals surface area (Å²) in [7, 11) is 0. The molecule has 3 aromatic rings. The minimum absolute atomic E-state index is 0.0998. The summed E-state index contributed by atoms with van der Waals surface area (Å²) in [6.45, 7) is 6.10. The first-order chi connectivity index (χ1) is 15.8. The predicted molar refractivity (Wildman–Crippen MR) is 130 cm³/mol. The number of aromatic nitrogens is 1. The van der Waals surface area contributed by atoms with Crippen molar-refractivity contribution >= 4 is 45.8 Å². The Morgan fingerprint density at radius 1 is 0.939 bits per heavy atom. The van der Waals surface area contributed by atoms with Gasteiger partial charge in [-0.3, -0.25) is 19.3 Å². The van der Waals surface area contributed by atoms with E-state index in [2.05, 4.69) is 0 Å². The molecular formula is C25H24Cl2N2O4. The van der Waals surface area contributed by atoms with Crippen LogP contribution in [0.5, 0.6) is 5.75 Å². The van der Waals surface area contributed by atoms with E-state index >= 15 is 0 Å². The molecule has 33 heavy (non-hydrogen) atoms. The molecule has 0 saturated carbocycles. The Morgan fingerprint density at radius 3 is 2.06 bits per heavy atom. The zero-order valence-electron chi connectivity index (χ0n) is 18.7.